The molecule has 21 heteroatoms. The molecule has 0 fully saturated rings. The monoisotopic (exact) mass is 853 g/mol. The number of esters is 1. The molecule has 0 bridgehead atoms. The summed E-state index contributed by atoms with van der Waals surface area (Å²) in [7, 11) is -3.71. The molecule has 5 N–H and O–H groups in total. The summed E-state index contributed by atoms with van der Waals surface area (Å²) in [5, 5.41) is 16.4. The Bertz CT molecular complexity index is 1700. The quantitative estimate of drug-likeness (QED) is 0.0642. The van der Waals surface area contributed by atoms with E-state index >= 15 is 0 Å². The van der Waals surface area contributed by atoms with Crippen molar-refractivity contribution in [1.29, 1.82) is 0 Å². The molecule has 0 saturated carbocycles. The number of imide groups is 1. The number of nitrogens with one attached hydrogen (secondary N) is 3. The van der Waals surface area contributed by atoms with Crippen LogP contribution in [0, 0.1) is 0 Å². The second-order valence-corrected chi connectivity index (χ2v) is 17.1. The van der Waals surface area contributed by atoms with Gasteiger partial charge in [-0.05, 0) is 106 Å². The fourth-order valence-electron chi connectivity index (χ4n) is 4.36. The van der Waals surface area contributed by atoms with Crippen LogP contribution in [0.2, 0.25) is 10.3 Å². The zero-order valence-corrected chi connectivity index (χ0v) is 35.1. The number of ether oxygens (including phenoxy) is 1. The number of carbonyl (C=O) groups is 4. The number of aromatic nitrogens is 3. The maximum atomic E-state index is 12.7. The molecule has 1 atom stereocenters. The van der Waals surface area contributed by atoms with Gasteiger partial charge in [-0.3, -0.25) is 19.7 Å². The van der Waals surface area contributed by atoms with Crippen LogP contribution in [0.3, 0.4) is 0 Å². The first-order valence-electron chi connectivity index (χ1n) is 16.5. The van der Waals surface area contributed by atoms with E-state index in [1.807, 2.05) is 26.1 Å². The highest BCUT2D eigenvalue weighted by Crippen LogP contribution is 2.37. The minimum absolute atomic E-state index is 0.137. The van der Waals surface area contributed by atoms with Crippen molar-refractivity contribution >= 4 is 101 Å². The zero-order chi connectivity index (χ0) is 41.2. The number of carbonyl (C=O) groups excluding carboxylic acids is 3. The molecular weight excluding hydrogens is 808 g/mol. The SMILES string of the molecule is CCNc1nc(Cl)nc(NC(C)C)n1.CCOC(=O)/C(Cl)=C/c1cc(N2C(=O)C3=C(CCCC3)C2=O)ccc1Cl.C[S+](C)C.O=C(O)CNCP(=O)([O-])O. The van der Waals surface area contributed by atoms with Crippen LogP contribution in [0.1, 0.15) is 58.9 Å². The van der Waals surface area contributed by atoms with Gasteiger partial charge in [0.1, 0.15) is 12.6 Å². The van der Waals surface area contributed by atoms with E-state index < -0.39 is 32.4 Å². The van der Waals surface area contributed by atoms with Crippen molar-refractivity contribution in [2.45, 2.75) is 59.4 Å². The van der Waals surface area contributed by atoms with E-state index in [-0.39, 0.29) is 34.8 Å². The molecule has 1 aromatic carbocycles. The molecule has 0 radical (unpaired) electrons. The van der Waals surface area contributed by atoms with Crippen LogP contribution in [-0.2, 0) is 39.4 Å². The average Bonchev–Trinajstić information content (AvgIpc) is 3.30. The van der Waals surface area contributed by atoms with Crippen LogP contribution < -0.4 is 25.7 Å². The third-order valence-electron chi connectivity index (χ3n) is 6.33. The molecule has 0 spiro atoms. The van der Waals surface area contributed by atoms with Crippen LogP contribution in [-0.4, -0.2) is 99.5 Å². The summed E-state index contributed by atoms with van der Waals surface area (Å²) in [5.74, 6) is -1.40. The summed E-state index contributed by atoms with van der Waals surface area (Å²) >= 11 is 17.9. The van der Waals surface area contributed by atoms with Gasteiger partial charge in [0.2, 0.25) is 17.2 Å². The normalized spacial score (nSPS) is 14.9. The first kappa shape index (κ1) is 48.7. The van der Waals surface area contributed by atoms with Gasteiger partial charge in [0, 0.05) is 28.8 Å². The number of aliphatic carboxylic acids is 1. The first-order valence-corrected chi connectivity index (χ1v) is 21.9. The first-order chi connectivity index (χ1) is 25.2. The molecular formula is C33H47Cl3N7O9PS. The summed E-state index contributed by atoms with van der Waals surface area (Å²) in [6.45, 7) is 8.12. The van der Waals surface area contributed by atoms with Gasteiger partial charge in [-0.1, -0.05) is 23.2 Å². The molecule has 2 aromatic rings. The van der Waals surface area contributed by atoms with Gasteiger partial charge in [0.15, 0.2) is 0 Å². The van der Waals surface area contributed by atoms with Gasteiger partial charge < -0.3 is 34.8 Å². The molecule has 2 amide bonds. The lowest BCUT2D eigenvalue weighted by Crippen LogP contribution is -2.31. The Balaban J connectivity index is 0.000000436. The number of halogens is 3. The Morgan fingerprint density at radius 3 is 2.09 bits per heavy atom. The number of amides is 2. The molecule has 4 rings (SSSR count). The molecule has 16 nitrogen and oxygen atoms in total. The number of nitrogens with zero attached hydrogens (tertiary/aromatic N) is 4. The van der Waals surface area contributed by atoms with Gasteiger partial charge in [-0.15, -0.1) is 0 Å². The summed E-state index contributed by atoms with van der Waals surface area (Å²) in [5.41, 5.74) is 2.04. The molecule has 300 valence electrons. The standard InChI is InChI=1S/C19H17Cl2NO4.C8H14ClN5.C3H8NO5P.C3H9S/c1-2-26-19(25)16(21)10-11-9-12(7-8-15(11)20)22-17(23)13-5-3-4-6-14(13)18(22)24;1-4-10-7-12-6(9)13-8(14-7)11-5(2)3;5-3(6)1-4-2-10(7,8)9;1-4(2)3/h7-10H,2-6H2,1H3;5H,4H2,1-3H3,(H2,10,11,12,13,14);4H,1-2H2,(H,5,6)(H2,7,8,9);1-3H3/q;;;+1/p-1/b16-10-;;;. The number of rotatable bonds is 12. The van der Waals surface area contributed by atoms with E-state index in [1.54, 1.807) is 25.1 Å². The van der Waals surface area contributed by atoms with E-state index in [2.05, 4.69) is 44.4 Å². The van der Waals surface area contributed by atoms with Crippen molar-refractivity contribution in [2.24, 2.45) is 0 Å². The minimum atomic E-state index is -4.35. The van der Waals surface area contributed by atoms with Crippen molar-refractivity contribution in [3.8, 4) is 0 Å². The van der Waals surface area contributed by atoms with Crippen LogP contribution in [0.5, 0.6) is 0 Å². The third-order valence-corrected chi connectivity index (χ3v) is 7.73. The zero-order valence-electron chi connectivity index (χ0n) is 31.1. The number of benzene rings is 1. The van der Waals surface area contributed by atoms with E-state index in [0.717, 1.165) is 19.4 Å². The van der Waals surface area contributed by atoms with Crippen molar-refractivity contribution in [1.82, 2.24) is 20.3 Å². The second kappa shape index (κ2) is 24.3. The van der Waals surface area contributed by atoms with Crippen LogP contribution >= 0.6 is 42.4 Å². The van der Waals surface area contributed by atoms with Crippen LogP contribution in [0.15, 0.2) is 34.4 Å². The van der Waals surface area contributed by atoms with Gasteiger partial charge in [-0.25, -0.2) is 9.69 Å². The molecule has 2 aliphatic rings. The van der Waals surface area contributed by atoms with E-state index in [1.165, 1.54) is 11.0 Å². The molecule has 2 heterocycles. The molecule has 1 unspecified atom stereocenters. The van der Waals surface area contributed by atoms with Gasteiger partial charge in [-0.2, -0.15) is 15.0 Å². The number of hydrogen-bond donors (Lipinski definition) is 5. The Morgan fingerprint density at radius 1 is 1.06 bits per heavy atom. The maximum Gasteiger partial charge on any atom is 0.349 e. The Hall–Kier alpha value is -3.28. The van der Waals surface area contributed by atoms with Crippen LogP contribution in [0.25, 0.3) is 6.08 Å². The summed E-state index contributed by atoms with van der Waals surface area (Å²) in [6.07, 6.45) is 10.3. The fourth-order valence-corrected chi connectivity index (χ4v) is 5.26. The Morgan fingerprint density at radius 2 is 1.61 bits per heavy atom. The molecule has 1 aromatic heterocycles. The molecule has 0 saturated heterocycles. The smallest absolute Gasteiger partial charge is 0.349 e. The summed E-state index contributed by atoms with van der Waals surface area (Å²) < 4.78 is 14.8. The van der Waals surface area contributed by atoms with E-state index in [9.17, 15) is 28.6 Å². The fraction of sp³-hybridized carbons (Fsp3) is 0.485. The van der Waals surface area contributed by atoms with Crippen LogP contribution in [0.4, 0.5) is 17.6 Å². The predicted octanol–water partition coefficient (Wildman–Crippen LogP) is 4.66. The molecule has 1 aliphatic heterocycles. The number of carboxylic acid groups (broad SMARTS) is 1. The van der Waals surface area contributed by atoms with Crippen molar-refractivity contribution < 1.29 is 43.4 Å². The van der Waals surface area contributed by atoms with E-state index in [0.29, 0.717) is 63.1 Å². The molecule has 1 aliphatic carbocycles. The number of carboxylic acids is 1. The van der Waals surface area contributed by atoms with Gasteiger partial charge >= 0.3 is 11.9 Å². The predicted molar refractivity (Wildman–Crippen MR) is 213 cm³/mol. The van der Waals surface area contributed by atoms with E-state index in [4.69, 9.17) is 49.5 Å². The largest absolute Gasteiger partial charge is 0.778 e. The van der Waals surface area contributed by atoms with Crippen molar-refractivity contribution in [3.05, 3.63) is 50.2 Å². The van der Waals surface area contributed by atoms with Crippen molar-refractivity contribution in [2.75, 3.05) is 60.3 Å². The minimum Gasteiger partial charge on any atom is -0.778 e. The van der Waals surface area contributed by atoms with Crippen molar-refractivity contribution in [3.63, 3.8) is 0 Å². The average molecular weight is 855 g/mol. The van der Waals surface area contributed by atoms with Gasteiger partial charge in [0.05, 0.1) is 43.9 Å². The summed E-state index contributed by atoms with van der Waals surface area (Å²) in [6, 6.07) is 5.00. The Labute approximate surface area is 333 Å². The Kier molecular flexibility index (Phi) is 21.9. The third kappa shape index (κ3) is 18.4. The highest BCUT2D eigenvalue weighted by Gasteiger charge is 2.39. The second-order valence-electron chi connectivity index (χ2n) is 12.0. The topological polar surface area (TPSA) is 236 Å². The maximum absolute atomic E-state index is 12.7. The number of hydrogen-bond acceptors (Lipinski definition) is 13. The lowest BCUT2D eigenvalue weighted by molar-refractivity contribution is -0.193. The van der Waals surface area contributed by atoms with Gasteiger partial charge in [0.25, 0.3) is 11.8 Å². The summed E-state index contributed by atoms with van der Waals surface area (Å²) in [4.78, 5) is 77.9. The highest BCUT2D eigenvalue weighted by molar-refractivity contribution is 7.94. The number of anilines is 3. The lowest BCUT2D eigenvalue weighted by atomic mass is 9.93. The lowest BCUT2D eigenvalue weighted by Gasteiger charge is -2.16. The highest BCUT2D eigenvalue weighted by atomic mass is 35.5. The molecule has 54 heavy (non-hydrogen) atoms.